The van der Waals surface area contributed by atoms with Crippen molar-refractivity contribution in [2.45, 2.75) is 6.92 Å². The van der Waals surface area contributed by atoms with Crippen LogP contribution in [-0.4, -0.2) is 5.11 Å². The molecule has 0 saturated carbocycles. The molecule has 0 fully saturated rings. The Balaban J connectivity index is 4.19. The van der Waals surface area contributed by atoms with Crippen molar-refractivity contribution >= 4 is 0 Å². The van der Waals surface area contributed by atoms with E-state index in [1.54, 1.807) is 13.0 Å². The maximum Gasteiger partial charge on any atom is 0.192 e. The second-order valence-electron chi connectivity index (χ2n) is 1.53. The zero-order valence-electron chi connectivity index (χ0n) is 5.51. The Bertz CT molecular complexity index is 180. The second kappa shape index (κ2) is 4.73. The van der Waals surface area contributed by atoms with Crippen LogP contribution >= 0.6 is 0 Å². The maximum atomic E-state index is 12.0. The van der Waals surface area contributed by atoms with E-state index in [2.05, 4.69) is 0 Å². The first-order chi connectivity index (χ1) is 4.72. The van der Waals surface area contributed by atoms with Gasteiger partial charge in [-0.25, -0.2) is 8.78 Å². The lowest BCUT2D eigenvalue weighted by molar-refractivity contribution is 0.383. The minimum absolute atomic E-state index is 0.296. The zero-order valence-corrected chi connectivity index (χ0v) is 5.51. The molecule has 0 aliphatic heterocycles. The van der Waals surface area contributed by atoms with Gasteiger partial charge in [0.25, 0.3) is 0 Å². The number of allylic oxidation sites excluding steroid dienone is 4. The van der Waals surface area contributed by atoms with E-state index in [9.17, 15) is 8.78 Å². The van der Waals surface area contributed by atoms with Crippen LogP contribution in [0.15, 0.2) is 36.1 Å². The molecular formula is C7H8F2O. The van der Waals surface area contributed by atoms with Crippen LogP contribution in [-0.2, 0) is 0 Å². The van der Waals surface area contributed by atoms with Gasteiger partial charge in [0.2, 0.25) is 0 Å². The fraction of sp³-hybridized carbons (Fsp3) is 0.143. The number of hydrogen-bond donors (Lipinski definition) is 1. The number of hydrogen-bond acceptors (Lipinski definition) is 1. The van der Waals surface area contributed by atoms with Gasteiger partial charge in [-0.15, -0.1) is 0 Å². The summed E-state index contributed by atoms with van der Waals surface area (Å²) < 4.78 is 23.3. The lowest BCUT2D eigenvalue weighted by atomic mass is 10.4. The van der Waals surface area contributed by atoms with E-state index in [0.717, 1.165) is 6.08 Å². The Morgan fingerprint density at radius 2 is 2.10 bits per heavy atom. The fourth-order valence-corrected chi connectivity index (χ4v) is 0.323. The molecule has 0 heterocycles. The molecule has 0 amide bonds. The van der Waals surface area contributed by atoms with Crippen molar-refractivity contribution in [2.75, 3.05) is 0 Å². The van der Waals surface area contributed by atoms with E-state index < -0.39 is 11.6 Å². The van der Waals surface area contributed by atoms with Gasteiger partial charge in [0.1, 0.15) is 6.33 Å². The van der Waals surface area contributed by atoms with Crippen LogP contribution in [0.5, 0.6) is 0 Å². The van der Waals surface area contributed by atoms with E-state index in [-0.39, 0.29) is 6.33 Å². The summed E-state index contributed by atoms with van der Waals surface area (Å²) in [5.41, 5.74) is 0. The Kier molecular flexibility index (Phi) is 4.20. The Morgan fingerprint density at radius 1 is 1.50 bits per heavy atom. The summed E-state index contributed by atoms with van der Waals surface area (Å²) in [6, 6.07) is 0. The molecule has 0 spiro atoms. The number of aliphatic hydroxyl groups is 1. The molecule has 0 aliphatic rings. The van der Waals surface area contributed by atoms with Crippen LogP contribution in [0.3, 0.4) is 0 Å². The third kappa shape index (κ3) is 3.02. The average Bonchev–Trinajstić information content (AvgIpc) is 1.98. The molecule has 0 rings (SSSR count). The molecule has 0 unspecified atom stereocenters. The molecule has 56 valence electrons. The van der Waals surface area contributed by atoms with Gasteiger partial charge in [-0.05, 0) is 13.0 Å². The molecule has 0 aromatic rings. The standard InChI is InChI=1S/C7H8F2O/c1-2-3-4-7(10)6(9)5-8/h2-5,10H,1H3/b3-2-,6-5-,7-4+. The lowest BCUT2D eigenvalue weighted by Gasteiger charge is -1.88. The highest BCUT2D eigenvalue weighted by molar-refractivity contribution is 5.20. The van der Waals surface area contributed by atoms with E-state index in [4.69, 9.17) is 5.11 Å². The summed E-state index contributed by atoms with van der Waals surface area (Å²) in [5, 5.41) is 8.58. The lowest BCUT2D eigenvalue weighted by Crippen LogP contribution is -1.78. The van der Waals surface area contributed by atoms with E-state index in [0.29, 0.717) is 0 Å². The van der Waals surface area contributed by atoms with Crippen LogP contribution in [0.2, 0.25) is 0 Å². The fourth-order valence-electron chi connectivity index (χ4n) is 0.323. The third-order valence-electron chi connectivity index (χ3n) is 0.787. The van der Waals surface area contributed by atoms with Gasteiger partial charge in [0.15, 0.2) is 11.6 Å². The first-order valence-corrected chi connectivity index (χ1v) is 2.70. The van der Waals surface area contributed by atoms with Crippen molar-refractivity contribution in [1.29, 1.82) is 0 Å². The quantitative estimate of drug-likeness (QED) is 0.469. The van der Waals surface area contributed by atoms with Crippen molar-refractivity contribution < 1.29 is 13.9 Å². The van der Waals surface area contributed by atoms with Crippen molar-refractivity contribution in [3.8, 4) is 0 Å². The normalized spacial score (nSPS) is 14.7. The molecule has 0 aromatic carbocycles. The van der Waals surface area contributed by atoms with Gasteiger partial charge in [0.05, 0.1) is 0 Å². The molecule has 0 aromatic heterocycles. The van der Waals surface area contributed by atoms with Crippen molar-refractivity contribution in [3.05, 3.63) is 36.1 Å². The SMILES string of the molecule is C\C=C/C=C(O)\C(F)=C\F. The molecule has 0 aliphatic carbocycles. The Labute approximate surface area is 58.0 Å². The van der Waals surface area contributed by atoms with Crippen LogP contribution in [0.4, 0.5) is 8.78 Å². The van der Waals surface area contributed by atoms with Crippen LogP contribution in [0, 0.1) is 0 Å². The van der Waals surface area contributed by atoms with Gasteiger partial charge >= 0.3 is 0 Å². The molecule has 1 nitrogen and oxygen atoms in total. The van der Waals surface area contributed by atoms with E-state index >= 15 is 0 Å². The van der Waals surface area contributed by atoms with E-state index in [1.807, 2.05) is 0 Å². The summed E-state index contributed by atoms with van der Waals surface area (Å²) in [5.74, 6) is -1.97. The highest BCUT2D eigenvalue weighted by Gasteiger charge is 1.97. The minimum atomic E-state index is -1.27. The summed E-state index contributed by atoms with van der Waals surface area (Å²) in [4.78, 5) is 0. The molecule has 0 saturated heterocycles. The molecule has 1 N–H and O–H groups in total. The van der Waals surface area contributed by atoms with Gasteiger partial charge in [-0.1, -0.05) is 12.2 Å². The summed E-state index contributed by atoms with van der Waals surface area (Å²) in [7, 11) is 0. The highest BCUT2D eigenvalue weighted by Crippen LogP contribution is 2.07. The van der Waals surface area contributed by atoms with Crippen LogP contribution in [0.25, 0.3) is 0 Å². The Hall–Kier alpha value is -1.12. The van der Waals surface area contributed by atoms with Crippen LogP contribution < -0.4 is 0 Å². The first-order valence-electron chi connectivity index (χ1n) is 2.70. The number of halogens is 2. The summed E-state index contributed by atoms with van der Waals surface area (Å²) >= 11 is 0. The topological polar surface area (TPSA) is 20.2 Å². The van der Waals surface area contributed by atoms with Crippen LogP contribution in [0.1, 0.15) is 6.92 Å². The van der Waals surface area contributed by atoms with E-state index in [1.165, 1.54) is 6.08 Å². The second-order valence-corrected chi connectivity index (χ2v) is 1.53. The largest absolute Gasteiger partial charge is 0.505 e. The minimum Gasteiger partial charge on any atom is -0.505 e. The molecule has 0 radical (unpaired) electrons. The van der Waals surface area contributed by atoms with Gasteiger partial charge < -0.3 is 5.11 Å². The average molecular weight is 146 g/mol. The van der Waals surface area contributed by atoms with Gasteiger partial charge in [-0.2, -0.15) is 0 Å². The third-order valence-corrected chi connectivity index (χ3v) is 0.787. The summed E-state index contributed by atoms with van der Waals surface area (Å²) in [6.45, 7) is 1.70. The molecule has 10 heavy (non-hydrogen) atoms. The summed E-state index contributed by atoms with van der Waals surface area (Å²) in [6.07, 6.45) is 3.75. The predicted octanol–water partition coefficient (Wildman–Crippen LogP) is 2.78. The van der Waals surface area contributed by atoms with Gasteiger partial charge in [0, 0.05) is 0 Å². The highest BCUT2D eigenvalue weighted by atomic mass is 19.2. The number of aliphatic hydroxyl groups excluding tert-OH is 1. The molecular weight excluding hydrogens is 138 g/mol. The molecule has 0 atom stereocenters. The van der Waals surface area contributed by atoms with Crippen molar-refractivity contribution in [2.24, 2.45) is 0 Å². The molecule has 3 heteroatoms. The monoisotopic (exact) mass is 146 g/mol. The Morgan fingerprint density at radius 3 is 2.50 bits per heavy atom. The van der Waals surface area contributed by atoms with Crippen molar-refractivity contribution in [3.63, 3.8) is 0 Å². The van der Waals surface area contributed by atoms with Crippen molar-refractivity contribution in [1.82, 2.24) is 0 Å². The maximum absolute atomic E-state index is 12.0. The number of rotatable bonds is 2. The van der Waals surface area contributed by atoms with Gasteiger partial charge in [-0.3, -0.25) is 0 Å². The first kappa shape index (κ1) is 8.88. The zero-order chi connectivity index (χ0) is 7.98. The predicted molar refractivity (Wildman–Crippen MR) is 35.8 cm³/mol. The molecule has 0 bridgehead atoms. The smallest absolute Gasteiger partial charge is 0.192 e.